The molecule has 1 N–H and O–H groups in total. The van der Waals surface area contributed by atoms with E-state index in [1.54, 1.807) is 6.20 Å². The summed E-state index contributed by atoms with van der Waals surface area (Å²) in [5.41, 5.74) is 1.93. The number of aromatic amines is 1. The lowest BCUT2D eigenvalue weighted by molar-refractivity contribution is 0.563. The molecule has 7 nitrogen and oxygen atoms in total. The molecule has 2 aromatic rings. The molecule has 1 aromatic heterocycles. The summed E-state index contributed by atoms with van der Waals surface area (Å²) in [6, 6.07) is 8.42. The molecule has 4 rings (SSSR count). The van der Waals surface area contributed by atoms with Gasteiger partial charge in [-0.3, -0.25) is 4.90 Å². The summed E-state index contributed by atoms with van der Waals surface area (Å²) in [7, 11) is 0. The molecule has 0 saturated heterocycles. The van der Waals surface area contributed by atoms with Crippen LogP contribution < -0.4 is 9.64 Å². The molecule has 88 valence electrons. The molecular weight excluding hydrogens is 232 g/mol. The van der Waals surface area contributed by atoms with E-state index < -0.39 is 0 Å². The average Bonchev–Trinajstić information content (AvgIpc) is 3.05. The molecule has 0 amide bonds. The number of aromatic nitrogens is 4. The zero-order valence-electron chi connectivity index (χ0n) is 9.24. The van der Waals surface area contributed by atoms with Crippen molar-refractivity contribution in [1.29, 1.82) is 0 Å². The Morgan fingerprint density at radius 3 is 3.11 bits per heavy atom. The molecule has 0 unspecified atom stereocenters. The van der Waals surface area contributed by atoms with Crippen LogP contribution in [0.2, 0.25) is 0 Å². The highest BCUT2D eigenvalue weighted by Crippen LogP contribution is 2.37. The van der Waals surface area contributed by atoms with E-state index in [4.69, 9.17) is 4.74 Å². The summed E-state index contributed by atoms with van der Waals surface area (Å²) in [5.74, 6) is 1.45. The Kier molecular flexibility index (Phi) is 1.76. The Bertz CT molecular complexity index is 660. The molecule has 2 aliphatic heterocycles. The number of fused-ring (bicyclic) bond motifs is 3. The molecule has 0 saturated carbocycles. The molecule has 0 fully saturated rings. The van der Waals surface area contributed by atoms with Crippen LogP contribution in [0.1, 0.15) is 5.82 Å². The summed E-state index contributed by atoms with van der Waals surface area (Å²) in [4.78, 5) is 6.28. The Morgan fingerprint density at radius 2 is 2.22 bits per heavy atom. The van der Waals surface area contributed by atoms with E-state index in [1.807, 2.05) is 29.2 Å². The minimum Gasteiger partial charge on any atom is -0.423 e. The Balaban J connectivity index is 1.75. The van der Waals surface area contributed by atoms with Crippen molar-refractivity contribution in [1.82, 2.24) is 20.6 Å². The number of tetrazole rings is 1. The lowest BCUT2D eigenvalue weighted by Crippen LogP contribution is -2.33. The largest absolute Gasteiger partial charge is 0.423 e. The summed E-state index contributed by atoms with van der Waals surface area (Å²) >= 11 is 0. The highest BCUT2D eigenvalue weighted by atomic mass is 16.5. The predicted molar refractivity (Wildman–Crippen MR) is 64.0 cm³/mol. The van der Waals surface area contributed by atoms with Crippen LogP contribution in [0.4, 0.5) is 5.69 Å². The van der Waals surface area contributed by atoms with Crippen molar-refractivity contribution in [3.63, 3.8) is 0 Å². The van der Waals surface area contributed by atoms with Gasteiger partial charge in [0.15, 0.2) is 11.6 Å². The molecule has 0 aliphatic carbocycles. The van der Waals surface area contributed by atoms with Crippen LogP contribution in [0, 0.1) is 0 Å². The maximum Gasteiger partial charge on any atom is 0.302 e. The number of anilines is 1. The lowest BCUT2D eigenvalue weighted by atomic mass is 10.2. The maximum absolute atomic E-state index is 5.65. The van der Waals surface area contributed by atoms with E-state index in [9.17, 15) is 0 Å². The van der Waals surface area contributed by atoms with Crippen LogP contribution >= 0.6 is 0 Å². The fraction of sp³-hybridized carbons (Fsp3) is 0.0909. The van der Waals surface area contributed by atoms with Gasteiger partial charge >= 0.3 is 6.02 Å². The second kappa shape index (κ2) is 3.39. The summed E-state index contributed by atoms with van der Waals surface area (Å²) in [6.07, 6.45) is 1.72. The van der Waals surface area contributed by atoms with Gasteiger partial charge in [-0.1, -0.05) is 12.1 Å². The number of hydrogen-bond acceptors (Lipinski definition) is 6. The number of hydrogen-bond donors (Lipinski definition) is 1. The van der Waals surface area contributed by atoms with Gasteiger partial charge < -0.3 is 4.74 Å². The number of amidine groups is 1. The molecule has 0 atom stereocenters. The van der Waals surface area contributed by atoms with Crippen molar-refractivity contribution in [2.24, 2.45) is 4.99 Å². The first-order valence-electron chi connectivity index (χ1n) is 5.47. The molecule has 2 aliphatic rings. The minimum absolute atomic E-state index is 0.590. The van der Waals surface area contributed by atoms with E-state index in [0.717, 1.165) is 17.0 Å². The number of ether oxygens (including phenoxy) is 1. The van der Waals surface area contributed by atoms with Gasteiger partial charge in [0.25, 0.3) is 0 Å². The summed E-state index contributed by atoms with van der Waals surface area (Å²) in [5, 5.41) is 13.8. The highest BCUT2D eigenvalue weighted by molar-refractivity contribution is 6.03. The van der Waals surface area contributed by atoms with Crippen molar-refractivity contribution >= 4 is 17.3 Å². The summed E-state index contributed by atoms with van der Waals surface area (Å²) < 4.78 is 5.65. The van der Waals surface area contributed by atoms with Crippen LogP contribution in [-0.4, -0.2) is 33.2 Å². The smallest absolute Gasteiger partial charge is 0.302 e. The Morgan fingerprint density at radius 1 is 1.28 bits per heavy atom. The highest BCUT2D eigenvalue weighted by Gasteiger charge is 2.30. The third-order valence-electron chi connectivity index (χ3n) is 2.90. The first kappa shape index (κ1) is 9.34. The standard InChI is InChI=1S/C11H8N6O/c1-2-4-9-8(3-1)17-6-7(5-12-11(17)18-9)10-13-15-16-14-10/h1-5H,6H2,(H,13,14,15,16). The van der Waals surface area contributed by atoms with Crippen LogP contribution in [0.3, 0.4) is 0 Å². The normalized spacial score (nSPS) is 16.6. The van der Waals surface area contributed by atoms with Gasteiger partial charge in [-0.2, -0.15) is 0 Å². The Labute approximate surface area is 102 Å². The average molecular weight is 240 g/mol. The van der Waals surface area contributed by atoms with Gasteiger partial charge in [0.05, 0.1) is 12.2 Å². The van der Waals surface area contributed by atoms with Crippen LogP contribution in [0.5, 0.6) is 5.75 Å². The third-order valence-corrected chi connectivity index (χ3v) is 2.90. The van der Waals surface area contributed by atoms with Gasteiger partial charge in [0.1, 0.15) is 0 Å². The molecule has 0 bridgehead atoms. The second-order valence-corrected chi connectivity index (χ2v) is 3.97. The lowest BCUT2D eigenvalue weighted by Gasteiger charge is -2.20. The van der Waals surface area contributed by atoms with Crippen LogP contribution in [0.15, 0.2) is 35.5 Å². The summed E-state index contributed by atoms with van der Waals surface area (Å²) in [6.45, 7) is 0.632. The van der Waals surface area contributed by atoms with E-state index in [-0.39, 0.29) is 0 Å². The van der Waals surface area contributed by atoms with Crippen molar-refractivity contribution in [3.8, 4) is 5.75 Å². The number of nitrogens with zero attached hydrogens (tertiary/aromatic N) is 5. The monoisotopic (exact) mass is 240 g/mol. The number of para-hydroxylation sites is 2. The predicted octanol–water partition coefficient (Wildman–Crippen LogP) is 0.809. The fourth-order valence-electron chi connectivity index (χ4n) is 2.05. The maximum atomic E-state index is 5.65. The van der Waals surface area contributed by atoms with Gasteiger partial charge in [0.2, 0.25) is 0 Å². The number of aliphatic imine (C=N–C) groups is 1. The molecule has 0 radical (unpaired) electrons. The van der Waals surface area contributed by atoms with Crippen LogP contribution in [-0.2, 0) is 0 Å². The quantitative estimate of drug-likeness (QED) is 0.797. The molecule has 1 aromatic carbocycles. The van der Waals surface area contributed by atoms with Gasteiger partial charge in [-0.15, -0.1) is 5.10 Å². The number of rotatable bonds is 1. The molecule has 0 spiro atoms. The molecule has 18 heavy (non-hydrogen) atoms. The number of H-pyrrole nitrogens is 1. The van der Waals surface area contributed by atoms with Crippen molar-refractivity contribution in [2.45, 2.75) is 0 Å². The molecular formula is C11H8N6O. The zero-order chi connectivity index (χ0) is 11.9. The van der Waals surface area contributed by atoms with E-state index in [2.05, 4.69) is 25.6 Å². The number of nitrogens with one attached hydrogen (secondary N) is 1. The van der Waals surface area contributed by atoms with E-state index in [1.165, 1.54) is 0 Å². The topological polar surface area (TPSA) is 79.3 Å². The fourth-order valence-corrected chi connectivity index (χ4v) is 2.05. The Hall–Kier alpha value is -2.70. The van der Waals surface area contributed by atoms with Gasteiger partial charge in [-0.05, 0) is 22.6 Å². The van der Waals surface area contributed by atoms with Crippen molar-refractivity contribution in [2.75, 3.05) is 11.4 Å². The van der Waals surface area contributed by atoms with Crippen LogP contribution in [0.25, 0.3) is 5.57 Å². The first-order chi connectivity index (χ1) is 8.92. The van der Waals surface area contributed by atoms with Crippen molar-refractivity contribution in [3.05, 3.63) is 36.3 Å². The minimum atomic E-state index is 0.590. The van der Waals surface area contributed by atoms with Gasteiger partial charge in [-0.25, -0.2) is 10.1 Å². The van der Waals surface area contributed by atoms with Crippen molar-refractivity contribution < 1.29 is 4.74 Å². The molecule has 7 heteroatoms. The number of benzene rings is 1. The zero-order valence-corrected chi connectivity index (χ0v) is 9.24. The third kappa shape index (κ3) is 1.24. The molecule has 3 heterocycles. The second-order valence-electron chi connectivity index (χ2n) is 3.97. The SMILES string of the molecule is C1=C(c2nnn[nH]2)CN2C(=N1)Oc1ccccc12. The van der Waals surface area contributed by atoms with Gasteiger partial charge in [0, 0.05) is 11.8 Å². The van der Waals surface area contributed by atoms with E-state index in [0.29, 0.717) is 18.4 Å². The first-order valence-corrected chi connectivity index (χ1v) is 5.47. The van der Waals surface area contributed by atoms with E-state index >= 15 is 0 Å².